The molecule has 0 saturated heterocycles. The van der Waals surface area contributed by atoms with Crippen LogP contribution in [-0.2, 0) is 11.2 Å². The molecular formula is C16H23BrO2. The molecule has 1 aromatic rings. The van der Waals surface area contributed by atoms with Crippen molar-refractivity contribution in [3.05, 3.63) is 28.2 Å². The molecule has 1 aromatic carbocycles. The Morgan fingerprint density at radius 3 is 2.68 bits per heavy atom. The Morgan fingerprint density at radius 1 is 1.21 bits per heavy atom. The highest BCUT2D eigenvalue weighted by Gasteiger charge is 2.06. The summed E-state index contributed by atoms with van der Waals surface area (Å²) in [4.78, 5) is 11.5. The van der Waals surface area contributed by atoms with E-state index < -0.39 is 0 Å². The third-order valence-corrected chi connectivity index (χ3v) is 3.41. The maximum atomic E-state index is 11.5. The summed E-state index contributed by atoms with van der Waals surface area (Å²) in [5, 5.41) is 0. The third-order valence-electron chi connectivity index (χ3n) is 2.91. The second kappa shape index (κ2) is 9.13. The van der Waals surface area contributed by atoms with Gasteiger partial charge in [0.2, 0.25) is 0 Å². The Labute approximate surface area is 124 Å². The van der Waals surface area contributed by atoms with E-state index in [4.69, 9.17) is 4.74 Å². The van der Waals surface area contributed by atoms with Crippen LogP contribution < -0.4 is 4.74 Å². The molecule has 0 atom stereocenters. The number of carbonyl (C=O) groups excluding carboxylic acids is 1. The molecule has 0 radical (unpaired) electrons. The molecule has 0 N–H and O–H groups in total. The lowest BCUT2D eigenvalue weighted by Crippen LogP contribution is -2.01. The molecule has 106 valence electrons. The predicted molar refractivity (Wildman–Crippen MR) is 82.8 cm³/mol. The van der Waals surface area contributed by atoms with Crippen molar-refractivity contribution in [1.82, 2.24) is 0 Å². The predicted octanol–water partition coefficient (Wildman–Crippen LogP) is 4.93. The fraction of sp³-hybridized carbons (Fsp3) is 0.562. The van der Waals surface area contributed by atoms with Crippen LogP contribution in [0.4, 0.5) is 0 Å². The number of ketones is 1. The summed E-state index contributed by atoms with van der Waals surface area (Å²) in [6.07, 6.45) is 5.13. The van der Waals surface area contributed by atoms with Gasteiger partial charge in [-0.2, -0.15) is 0 Å². The molecular weight excluding hydrogens is 304 g/mol. The van der Waals surface area contributed by atoms with Gasteiger partial charge in [0.05, 0.1) is 6.61 Å². The molecule has 0 bridgehead atoms. The van der Waals surface area contributed by atoms with Crippen LogP contribution in [0.5, 0.6) is 5.75 Å². The zero-order chi connectivity index (χ0) is 14.1. The average Bonchev–Trinajstić information content (AvgIpc) is 2.38. The first kappa shape index (κ1) is 16.2. The second-order valence-electron chi connectivity index (χ2n) is 4.74. The van der Waals surface area contributed by atoms with Gasteiger partial charge in [-0.3, -0.25) is 4.79 Å². The van der Waals surface area contributed by atoms with Gasteiger partial charge in [0, 0.05) is 17.3 Å². The number of hydrogen-bond donors (Lipinski definition) is 0. The zero-order valence-electron chi connectivity index (χ0n) is 11.9. The smallest absolute Gasteiger partial charge is 0.132 e. The summed E-state index contributed by atoms with van der Waals surface area (Å²) in [7, 11) is 0. The average molecular weight is 327 g/mol. The van der Waals surface area contributed by atoms with Gasteiger partial charge in [0.25, 0.3) is 0 Å². The lowest BCUT2D eigenvalue weighted by Gasteiger charge is -2.11. The number of aryl methyl sites for hydroxylation is 1. The van der Waals surface area contributed by atoms with Crippen molar-refractivity contribution in [2.24, 2.45) is 0 Å². The number of benzene rings is 1. The van der Waals surface area contributed by atoms with Gasteiger partial charge in [-0.15, -0.1) is 0 Å². The number of ether oxygens (including phenoxy) is 1. The van der Waals surface area contributed by atoms with Crippen molar-refractivity contribution < 1.29 is 9.53 Å². The van der Waals surface area contributed by atoms with Crippen molar-refractivity contribution in [3.63, 3.8) is 0 Å². The largest absolute Gasteiger partial charge is 0.493 e. The summed E-state index contributed by atoms with van der Waals surface area (Å²) in [6, 6.07) is 6.09. The molecule has 0 aliphatic carbocycles. The van der Waals surface area contributed by atoms with E-state index in [9.17, 15) is 4.79 Å². The van der Waals surface area contributed by atoms with Gasteiger partial charge in [-0.05, 0) is 49.4 Å². The molecule has 0 amide bonds. The first-order valence-corrected chi connectivity index (χ1v) is 7.89. The summed E-state index contributed by atoms with van der Waals surface area (Å²) in [6.45, 7) is 4.88. The molecule has 0 aliphatic heterocycles. The number of halogens is 1. The molecule has 0 saturated carbocycles. The monoisotopic (exact) mass is 326 g/mol. The van der Waals surface area contributed by atoms with Gasteiger partial charge in [0.1, 0.15) is 11.5 Å². The van der Waals surface area contributed by atoms with Crippen molar-refractivity contribution in [2.75, 3.05) is 6.61 Å². The minimum Gasteiger partial charge on any atom is -0.493 e. The fourth-order valence-corrected chi connectivity index (χ4v) is 2.38. The molecule has 3 heteroatoms. The van der Waals surface area contributed by atoms with Gasteiger partial charge in [-0.25, -0.2) is 0 Å². The SMILES string of the molecule is CCCOc1ccc(Br)cc1CCCC(=O)CCC. The number of carbonyl (C=O) groups is 1. The van der Waals surface area contributed by atoms with Crippen molar-refractivity contribution in [1.29, 1.82) is 0 Å². The van der Waals surface area contributed by atoms with Gasteiger partial charge in [0.15, 0.2) is 0 Å². The molecule has 2 nitrogen and oxygen atoms in total. The van der Waals surface area contributed by atoms with Crippen molar-refractivity contribution in [2.45, 2.75) is 52.4 Å². The van der Waals surface area contributed by atoms with E-state index in [0.29, 0.717) is 18.6 Å². The number of Topliss-reactive ketones (excluding diaryl/α,β-unsaturated/α-hetero) is 1. The summed E-state index contributed by atoms with van der Waals surface area (Å²) in [5.74, 6) is 1.32. The summed E-state index contributed by atoms with van der Waals surface area (Å²) in [5.41, 5.74) is 1.19. The molecule has 0 heterocycles. The van der Waals surface area contributed by atoms with E-state index in [1.165, 1.54) is 5.56 Å². The van der Waals surface area contributed by atoms with Crippen LogP contribution in [0.3, 0.4) is 0 Å². The van der Waals surface area contributed by atoms with Crippen LogP contribution in [0.15, 0.2) is 22.7 Å². The maximum absolute atomic E-state index is 11.5. The molecule has 0 fully saturated rings. The Kier molecular flexibility index (Phi) is 7.80. The topological polar surface area (TPSA) is 26.3 Å². The van der Waals surface area contributed by atoms with Crippen molar-refractivity contribution in [3.8, 4) is 5.75 Å². The summed E-state index contributed by atoms with van der Waals surface area (Å²) < 4.78 is 6.80. The van der Waals surface area contributed by atoms with Crippen LogP contribution in [0.25, 0.3) is 0 Å². The minimum absolute atomic E-state index is 0.369. The van der Waals surface area contributed by atoms with Crippen LogP contribution in [0.1, 0.15) is 51.5 Å². The van der Waals surface area contributed by atoms with E-state index in [1.54, 1.807) is 0 Å². The highest BCUT2D eigenvalue weighted by Crippen LogP contribution is 2.25. The molecule has 19 heavy (non-hydrogen) atoms. The maximum Gasteiger partial charge on any atom is 0.132 e. The Bertz CT molecular complexity index is 402. The van der Waals surface area contributed by atoms with Crippen LogP contribution in [0.2, 0.25) is 0 Å². The lowest BCUT2D eigenvalue weighted by atomic mass is 10.0. The second-order valence-corrected chi connectivity index (χ2v) is 5.66. The van der Waals surface area contributed by atoms with Crippen LogP contribution in [-0.4, -0.2) is 12.4 Å². The van der Waals surface area contributed by atoms with E-state index in [2.05, 4.69) is 28.9 Å². The van der Waals surface area contributed by atoms with E-state index >= 15 is 0 Å². The fourth-order valence-electron chi connectivity index (χ4n) is 1.98. The Morgan fingerprint density at radius 2 is 2.00 bits per heavy atom. The first-order chi connectivity index (χ1) is 9.17. The van der Waals surface area contributed by atoms with Crippen LogP contribution >= 0.6 is 15.9 Å². The number of rotatable bonds is 9. The van der Waals surface area contributed by atoms with Gasteiger partial charge < -0.3 is 4.74 Å². The first-order valence-electron chi connectivity index (χ1n) is 7.10. The quantitative estimate of drug-likeness (QED) is 0.643. The highest BCUT2D eigenvalue weighted by atomic mass is 79.9. The molecule has 0 unspecified atom stereocenters. The normalized spacial score (nSPS) is 10.5. The lowest BCUT2D eigenvalue weighted by molar-refractivity contribution is -0.119. The van der Waals surface area contributed by atoms with Crippen molar-refractivity contribution >= 4 is 21.7 Å². The van der Waals surface area contributed by atoms with Crippen LogP contribution in [0, 0.1) is 0 Å². The van der Waals surface area contributed by atoms with E-state index in [0.717, 1.165) is 42.5 Å². The summed E-state index contributed by atoms with van der Waals surface area (Å²) >= 11 is 3.49. The Hall–Kier alpha value is -0.830. The number of hydrogen-bond acceptors (Lipinski definition) is 2. The highest BCUT2D eigenvalue weighted by molar-refractivity contribution is 9.10. The standard InChI is InChI=1S/C16H23BrO2/c1-3-6-15(18)8-5-7-13-12-14(17)9-10-16(13)19-11-4-2/h9-10,12H,3-8,11H2,1-2H3. The van der Waals surface area contributed by atoms with Gasteiger partial charge >= 0.3 is 0 Å². The van der Waals surface area contributed by atoms with E-state index in [1.807, 2.05) is 19.1 Å². The molecule has 0 aromatic heterocycles. The zero-order valence-corrected chi connectivity index (χ0v) is 13.5. The Balaban J connectivity index is 2.55. The van der Waals surface area contributed by atoms with Gasteiger partial charge in [-0.1, -0.05) is 29.8 Å². The molecule has 0 spiro atoms. The third kappa shape index (κ3) is 6.24. The minimum atomic E-state index is 0.369. The van der Waals surface area contributed by atoms with E-state index in [-0.39, 0.29) is 0 Å². The molecule has 0 aliphatic rings. The molecule has 1 rings (SSSR count).